The summed E-state index contributed by atoms with van der Waals surface area (Å²) in [5.74, 6) is 2.38. The Morgan fingerprint density at radius 2 is 2.06 bits per heavy atom. The van der Waals surface area contributed by atoms with Gasteiger partial charge in [-0.2, -0.15) is 4.98 Å². The van der Waals surface area contributed by atoms with Crippen molar-refractivity contribution in [1.29, 1.82) is 0 Å². The van der Waals surface area contributed by atoms with Crippen LogP contribution in [0.5, 0.6) is 5.75 Å². The zero-order valence-corrected chi connectivity index (χ0v) is 20.2. The van der Waals surface area contributed by atoms with Crippen LogP contribution >= 0.6 is 11.3 Å². The molecule has 1 fully saturated rings. The first-order chi connectivity index (χ1) is 16.4. The number of carbonyl (C=O) groups is 1. The van der Waals surface area contributed by atoms with E-state index in [2.05, 4.69) is 25.2 Å². The summed E-state index contributed by atoms with van der Waals surface area (Å²) in [4.78, 5) is 31.3. The summed E-state index contributed by atoms with van der Waals surface area (Å²) in [5, 5.41) is 5.91. The number of nitrogens with zero attached hydrogens (tertiary/aromatic N) is 5. The summed E-state index contributed by atoms with van der Waals surface area (Å²) >= 11 is 1.50. The molecule has 178 valence electrons. The number of rotatable bonds is 4. The van der Waals surface area contributed by atoms with Gasteiger partial charge in [-0.1, -0.05) is 0 Å². The van der Waals surface area contributed by atoms with E-state index in [4.69, 9.17) is 15.2 Å². The predicted molar refractivity (Wildman–Crippen MR) is 134 cm³/mol. The molecule has 2 aliphatic rings. The number of nitrogens with one attached hydrogen (secondary N) is 1. The van der Waals surface area contributed by atoms with Crippen molar-refractivity contribution in [1.82, 2.24) is 14.9 Å². The van der Waals surface area contributed by atoms with Crippen molar-refractivity contribution in [2.24, 2.45) is 4.99 Å². The molecular weight excluding hydrogens is 454 g/mol. The summed E-state index contributed by atoms with van der Waals surface area (Å²) in [7, 11) is 1.62. The Labute approximate surface area is 201 Å². The van der Waals surface area contributed by atoms with Gasteiger partial charge >= 0.3 is 6.03 Å². The Kier molecular flexibility index (Phi) is 5.86. The van der Waals surface area contributed by atoms with Crippen LogP contribution in [0.2, 0.25) is 0 Å². The fraction of sp³-hybridized carbons (Fsp3) is 0.391. The smallest absolute Gasteiger partial charge is 0.321 e. The first kappa shape index (κ1) is 22.2. The van der Waals surface area contributed by atoms with Crippen LogP contribution in [0.15, 0.2) is 28.6 Å². The highest BCUT2D eigenvalue weighted by atomic mass is 32.1. The van der Waals surface area contributed by atoms with Gasteiger partial charge in [-0.05, 0) is 37.6 Å². The first-order valence-electron chi connectivity index (χ1n) is 11.1. The molecule has 0 radical (unpaired) electrons. The van der Waals surface area contributed by atoms with E-state index in [0.29, 0.717) is 38.7 Å². The quantitative estimate of drug-likeness (QED) is 0.588. The Morgan fingerprint density at radius 3 is 2.74 bits per heavy atom. The van der Waals surface area contributed by atoms with E-state index < -0.39 is 0 Å². The van der Waals surface area contributed by atoms with Crippen LogP contribution in [0, 0.1) is 6.92 Å². The first-order valence-corrected chi connectivity index (χ1v) is 12.0. The number of ether oxygens (including phenoxy) is 2. The van der Waals surface area contributed by atoms with Gasteiger partial charge in [0.1, 0.15) is 23.0 Å². The summed E-state index contributed by atoms with van der Waals surface area (Å²) in [5.41, 5.74) is 8.64. The van der Waals surface area contributed by atoms with Gasteiger partial charge in [0.25, 0.3) is 0 Å². The second kappa shape index (κ2) is 8.98. The van der Waals surface area contributed by atoms with E-state index >= 15 is 0 Å². The normalized spacial score (nSPS) is 18.1. The second-order valence-electron chi connectivity index (χ2n) is 8.41. The molecular formula is C23H27N7O3S. The number of benzene rings is 1. The molecule has 2 amide bonds. The van der Waals surface area contributed by atoms with Gasteiger partial charge < -0.3 is 30.3 Å². The van der Waals surface area contributed by atoms with Crippen molar-refractivity contribution >= 4 is 50.9 Å². The van der Waals surface area contributed by atoms with E-state index in [1.807, 2.05) is 42.3 Å². The number of urea groups is 1. The summed E-state index contributed by atoms with van der Waals surface area (Å²) in [6.45, 7) is 6.90. The minimum absolute atomic E-state index is 0.125. The maximum absolute atomic E-state index is 12.9. The Hall–Kier alpha value is -3.60. The van der Waals surface area contributed by atoms with Crippen molar-refractivity contribution in [3.8, 4) is 5.75 Å². The molecule has 1 aromatic carbocycles. The van der Waals surface area contributed by atoms with Crippen LogP contribution in [-0.2, 0) is 4.74 Å². The number of aliphatic imine (C=N–C) groups is 1. The lowest BCUT2D eigenvalue weighted by molar-refractivity contribution is 0.208. The molecule has 0 spiro atoms. The maximum atomic E-state index is 12.9. The van der Waals surface area contributed by atoms with E-state index in [0.717, 1.165) is 38.6 Å². The van der Waals surface area contributed by atoms with Crippen molar-refractivity contribution < 1.29 is 14.3 Å². The number of aromatic nitrogens is 2. The van der Waals surface area contributed by atoms with Gasteiger partial charge in [0.2, 0.25) is 11.8 Å². The standard InChI is InChI=1S/C23H27N7O3S/c1-13-10-15(32-3)4-5-17(13)26-23(31)30-8-6-29(7-9-30)19-18-16(20-25-14(2)11-33-20)12-34-21(18)28-22(24)27-19/h4-5,10,12,14H,6-9,11H2,1-3H3,(H,26,31)(H2,24,27,28). The van der Waals surface area contributed by atoms with Crippen molar-refractivity contribution in [3.05, 3.63) is 34.7 Å². The highest BCUT2D eigenvalue weighted by molar-refractivity contribution is 7.17. The highest BCUT2D eigenvalue weighted by Crippen LogP contribution is 2.35. The average molecular weight is 482 g/mol. The van der Waals surface area contributed by atoms with Crippen molar-refractivity contribution in [2.75, 3.05) is 55.8 Å². The predicted octanol–water partition coefficient (Wildman–Crippen LogP) is 3.11. The van der Waals surface area contributed by atoms with Gasteiger partial charge in [0.05, 0.1) is 24.1 Å². The van der Waals surface area contributed by atoms with Crippen LogP contribution in [0.25, 0.3) is 10.2 Å². The Balaban J connectivity index is 1.33. The highest BCUT2D eigenvalue weighted by Gasteiger charge is 2.28. The molecule has 4 heterocycles. The number of aryl methyl sites for hydroxylation is 1. The topological polar surface area (TPSA) is 118 Å². The zero-order valence-electron chi connectivity index (χ0n) is 19.4. The van der Waals surface area contributed by atoms with Crippen LogP contribution in [0.1, 0.15) is 18.1 Å². The van der Waals surface area contributed by atoms with E-state index in [1.165, 1.54) is 11.3 Å². The zero-order chi connectivity index (χ0) is 23.8. The minimum Gasteiger partial charge on any atom is -0.497 e. The molecule has 1 atom stereocenters. The summed E-state index contributed by atoms with van der Waals surface area (Å²) < 4.78 is 11.0. The fourth-order valence-electron chi connectivity index (χ4n) is 4.17. The van der Waals surface area contributed by atoms with Crippen LogP contribution in [0.4, 0.5) is 22.2 Å². The molecule has 1 saturated heterocycles. The number of nitrogens with two attached hydrogens (primary N) is 1. The Morgan fingerprint density at radius 1 is 1.26 bits per heavy atom. The monoisotopic (exact) mass is 481 g/mol. The third kappa shape index (κ3) is 4.18. The number of fused-ring (bicyclic) bond motifs is 1. The van der Waals surface area contributed by atoms with E-state index in [-0.39, 0.29) is 18.0 Å². The van der Waals surface area contributed by atoms with Crippen LogP contribution in [0.3, 0.4) is 0 Å². The van der Waals surface area contributed by atoms with Gasteiger partial charge in [0.15, 0.2) is 0 Å². The molecule has 0 aliphatic carbocycles. The van der Waals surface area contributed by atoms with Crippen LogP contribution in [-0.4, -0.2) is 72.7 Å². The molecule has 5 rings (SSSR count). The molecule has 3 N–H and O–H groups in total. The molecule has 34 heavy (non-hydrogen) atoms. The molecule has 11 heteroatoms. The third-order valence-electron chi connectivity index (χ3n) is 6.00. The molecule has 0 saturated carbocycles. The summed E-state index contributed by atoms with van der Waals surface area (Å²) in [6, 6.07) is 5.59. The Bertz CT molecular complexity index is 1270. The number of amides is 2. The number of thiophene rings is 1. The molecule has 3 aromatic rings. The third-order valence-corrected chi connectivity index (χ3v) is 6.87. The van der Waals surface area contributed by atoms with Gasteiger partial charge in [-0.3, -0.25) is 0 Å². The number of piperazine rings is 1. The SMILES string of the molecule is COc1ccc(NC(=O)N2CCN(c3nc(N)nc4scc(C5=NC(C)CO5)c34)CC2)c(C)c1. The number of anilines is 3. The maximum Gasteiger partial charge on any atom is 0.321 e. The molecule has 2 aromatic heterocycles. The lowest BCUT2D eigenvalue weighted by Crippen LogP contribution is -2.50. The van der Waals surface area contributed by atoms with Crippen molar-refractivity contribution in [3.63, 3.8) is 0 Å². The van der Waals surface area contributed by atoms with E-state index in [9.17, 15) is 4.79 Å². The van der Waals surface area contributed by atoms with Gasteiger partial charge in [-0.25, -0.2) is 14.8 Å². The lowest BCUT2D eigenvalue weighted by Gasteiger charge is -2.35. The lowest BCUT2D eigenvalue weighted by atomic mass is 10.2. The molecule has 0 bridgehead atoms. The number of hydrogen-bond acceptors (Lipinski definition) is 9. The molecule has 1 unspecified atom stereocenters. The number of nitrogen functional groups attached to an aromatic ring is 1. The molecule has 2 aliphatic heterocycles. The van der Waals surface area contributed by atoms with Crippen LogP contribution < -0.4 is 20.7 Å². The number of methoxy groups -OCH3 is 1. The number of hydrogen-bond donors (Lipinski definition) is 2. The van der Waals surface area contributed by atoms with Crippen molar-refractivity contribution in [2.45, 2.75) is 19.9 Å². The minimum atomic E-state index is -0.126. The average Bonchev–Trinajstić information content (AvgIpc) is 3.45. The second-order valence-corrected chi connectivity index (χ2v) is 9.27. The van der Waals surface area contributed by atoms with Gasteiger partial charge in [0, 0.05) is 37.2 Å². The number of carbonyl (C=O) groups excluding carboxylic acids is 1. The van der Waals surface area contributed by atoms with E-state index in [1.54, 1.807) is 7.11 Å². The fourth-order valence-corrected chi connectivity index (χ4v) is 5.08. The molecule has 10 nitrogen and oxygen atoms in total. The van der Waals surface area contributed by atoms with Gasteiger partial charge in [-0.15, -0.1) is 11.3 Å². The summed E-state index contributed by atoms with van der Waals surface area (Å²) in [6.07, 6.45) is 0. The largest absolute Gasteiger partial charge is 0.497 e.